The van der Waals surface area contributed by atoms with Crippen molar-refractivity contribution in [3.05, 3.63) is 35.4 Å². The summed E-state index contributed by atoms with van der Waals surface area (Å²) in [5, 5.41) is 11.2. The summed E-state index contributed by atoms with van der Waals surface area (Å²) < 4.78 is 37.6. The first-order valence-electron chi connectivity index (χ1n) is 6.42. The molecule has 0 aliphatic carbocycles. The van der Waals surface area contributed by atoms with E-state index in [-0.39, 0.29) is 18.4 Å². The third-order valence-corrected chi connectivity index (χ3v) is 2.83. The molecule has 0 heterocycles. The first-order valence-corrected chi connectivity index (χ1v) is 6.42. The molecule has 1 amide bonds. The Labute approximate surface area is 120 Å². The van der Waals surface area contributed by atoms with E-state index < -0.39 is 29.7 Å². The Bertz CT molecular complexity index is 514. The Morgan fingerprint density at radius 2 is 2.00 bits per heavy atom. The molecule has 0 aliphatic heterocycles. The molecule has 0 spiro atoms. The van der Waals surface area contributed by atoms with Gasteiger partial charge in [-0.05, 0) is 18.1 Å². The van der Waals surface area contributed by atoms with Gasteiger partial charge in [-0.25, -0.2) is 4.79 Å². The van der Waals surface area contributed by atoms with Crippen molar-refractivity contribution < 1.29 is 27.9 Å². The zero-order valence-electron chi connectivity index (χ0n) is 11.4. The van der Waals surface area contributed by atoms with Crippen molar-refractivity contribution in [2.24, 2.45) is 0 Å². The van der Waals surface area contributed by atoms with E-state index in [4.69, 9.17) is 5.11 Å². The first kappa shape index (κ1) is 17.0. The van der Waals surface area contributed by atoms with Gasteiger partial charge in [0.25, 0.3) is 0 Å². The molecule has 1 aromatic carbocycles. The second-order valence-electron chi connectivity index (χ2n) is 4.62. The number of benzene rings is 1. The summed E-state index contributed by atoms with van der Waals surface area (Å²) in [6.07, 6.45) is -3.93. The Kier molecular flexibility index (Phi) is 5.75. The summed E-state index contributed by atoms with van der Waals surface area (Å²) >= 11 is 0. The SMILES string of the molecule is CCC[C@@H](NC(=O)Cc1cccc(C(F)(F)F)c1)C(=O)O. The van der Waals surface area contributed by atoms with E-state index in [1.165, 1.54) is 12.1 Å². The van der Waals surface area contributed by atoms with Crippen molar-refractivity contribution in [3.63, 3.8) is 0 Å². The van der Waals surface area contributed by atoms with E-state index >= 15 is 0 Å². The van der Waals surface area contributed by atoms with Crippen molar-refractivity contribution in [1.29, 1.82) is 0 Å². The molecule has 0 saturated heterocycles. The highest BCUT2D eigenvalue weighted by atomic mass is 19.4. The molecule has 1 aromatic rings. The molecule has 1 rings (SSSR count). The van der Waals surface area contributed by atoms with Crippen LogP contribution >= 0.6 is 0 Å². The monoisotopic (exact) mass is 303 g/mol. The highest BCUT2D eigenvalue weighted by Crippen LogP contribution is 2.29. The Morgan fingerprint density at radius 3 is 2.52 bits per heavy atom. The molecule has 0 fully saturated rings. The van der Waals surface area contributed by atoms with Gasteiger partial charge in [0, 0.05) is 0 Å². The number of carbonyl (C=O) groups is 2. The molecule has 7 heteroatoms. The van der Waals surface area contributed by atoms with E-state index in [2.05, 4.69) is 5.32 Å². The lowest BCUT2D eigenvalue weighted by Crippen LogP contribution is -2.41. The van der Waals surface area contributed by atoms with Crippen LogP contribution in [0.15, 0.2) is 24.3 Å². The number of alkyl halides is 3. The number of rotatable bonds is 6. The van der Waals surface area contributed by atoms with Gasteiger partial charge in [-0.1, -0.05) is 31.5 Å². The minimum Gasteiger partial charge on any atom is -0.480 e. The molecular formula is C14H16F3NO3. The molecule has 0 radical (unpaired) electrons. The average molecular weight is 303 g/mol. The lowest BCUT2D eigenvalue weighted by atomic mass is 10.1. The summed E-state index contributed by atoms with van der Waals surface area (Å²) in [6.45, 7) is 1.77. The van der Waals surface area contributed by atoms with E-state index in [0.29, 0.717) is 6.42 Å². The molecular weight excluding hydrogens is 287 g/mol. The number of hydrogen-bond acceptors (Lipinski definition) is 2. The topological polar surface area (TPSA) is 66.4 Å². The number of aliphatic carboxylic acids is 1. The van der Waals surface area contributed by atoms with Crippen molar-refractivity contribution in [2.75, 3.05) is 0 Å². The van der Waals surface area contributed by atoms with Crippen LogP contribution in [0.25, 0.3) is 0 Å². The van der Waals surface area contributed by atoms with Crippen molar-refractivity contribution in [3.8, 4) is 0 Å². The maximum Gasteiger partial charge on any atom is 0.416 e. The third kappa shape index (κ3) is 5.45. The van der Waals surface area contributed by atoms with Crippen LogP contribution < -0.4 is 5.32 Å². The fourth-order valence-electron chi connectivity index (χ4n) is 1.83. The van der Waals surface area contributed by atoms with Gasteiger partial charge in [-0.2, -0.15) is 13.2 Å². The number of amides is 1. The van der Waals surface area contributed by atoms with Crippen LogP contribution in [0.4, 0.5) is 13.2 Å². The minimum absolute atomic E-state index is 0.183. The fourth-order valence-corrected chi connectivity index (χ4v) is 1.83. The van der Waals surface area contributed by atoms with Gasteiger partial charge in [-0.15, -0.1) is 0 Å². The predicted octanol–water partition coefficient (Wildman–Crippen LogP) is 2.62. The molecule has 2 N–H and O–H groups in total. The number of carboxylic acids is 1. The summed E-state index contributed by atoms with van der Waals surface area (Å²) in [7, 11) is 0. The normalized spacial score (nSPS) is 12.8. The second kappa shape index (κ2) is 7.10. The van der Waals surface area contributed by atoms with Gasteiger partial charge in [0.2, 0.25) is 5.91 Å². The van der Waals surface area contributed by atoms with Crippen LogP contribution in [-0.2, 0) is 22.2 Å². The van der Waals surface area contributed by atoms with Crippen LogP contribution in [0.5, 0.6) is 0 Å². The fraction of sp³-hybridized carbons (Fsp3) is 0.429. The summed E-state index contributed by atoms with van der Waals surface area (Å²) in [5.74, 6) is -1.77. The van der Waals surface area contributed by atoms with Gasteiger partial charge in [0.15, 0.2) is 0 Å². The Morgan fingerprint density at radius 1 is 1.33 bits per heavy atom. The summed E-state index contributed by atoms with van der Waals surface area (Å²) in [5.41, 5.74) is -0.654. The molecule has 4 nitrogen and oxygen atoms in total. The number of carbonyl (C=O) groups excluding carboxylic acids is 1. The van der Waals surface area contributed by atoms with Gasteiger partial charge in [0.1, 0.15) is 6.04 Å². The van der Waals surface area contributed by atoms with Gasteiger partial charge in [-0.3, -0.25) is 4.79 Å². The molecule has 0 aliphatic rings. The predicted molar refractivity (Wildman–Crippen MR) is 69.6 cm³/mol. The largest absolute Gasteiger partial charge is 0.480 e. The highest BCUT2D eigenvalue weighted by Gasteiger charge is 2.30. The highest BCUT2D eigenvalue weighted by molar-refractivity contribution is 5.84. The molecule has 0 bridgehead atoms. The lowest BCUT2D eigenvalue weighted by Gasteiger charge is -2.14. The second-order valence-corrected chi connectivity index (χ2v) is 4.62. The minimum atomic E-state index is -4.47. The maximum absolute atomic E-state index is 12.5. The number of nitrogens with one attached hydrogen (secondary N) is 1. The summed E-state index contributed by atoms with van der Waals surface area (Å²) in [6, 6.07) is 3.39. The van der Waals surface area contributed by atoms with Gasteiger partial charge < -0.3 is 10.4 Å². The number of carboxylic acid groups (broad SMARTS) is 1. The van der Waals surface area contributed by atoms with Gasteiger partial charge >= 0.3 is 12.1 Å². The van der Waals surface area contributed by atoms with Crippen LogP contribution in [0.2, 0.25) is 0 Å². The van der Waals surface area contributed by atoms with Crippen LogP contribution in [-0.4, -0.2) is 23.0 Å². The zero-order chi connectivity index (χ0) is 16.0. The third-order valence-electron chi connectivity index (χ3n) is 2.83. The van der Waals surface area contributed by atoms with Gasteiger partial charge in [0.05, 0.1) is 12.0 Å². The smallest absolute Gasteiger partial charge is 0.416 e. The van der Waals surface area contributed by atoms with Crippen LogP contribution in [0.3, 0.4) is 0 Å². The quantitative estimate of drug-likeness (QED) is 0.849. The summed E-state index contributed by atoms with van der Waals surface area (Å²) in [4.78, 5) is 22.6. The Balaban J connectivity index is 2.73. The van der Waals surface area contributed by atoms with E-state index in [0.717, 1.165) is 12.1 Å². The lowest BCUT2D eigenvalue weighted by molar-refractivity contribution is -0.141. The van der Waals surface area contributed by atoms with Crippen molar-refractivity contribution >= 4 is 11.9 Å². The van der Waals surface area contributed by atoms with E-state index in [1.54, 1.807) is 6.92 Å². The van der Waals surface area contributed by atoms with Crippen molar-refractivity contribution in [2.45, 2.75) is 38.4 Å². The molecule has 0 unspecified atom stereocenters. The number of hydrogen-bond donors (Lipinski definition) is 2. The average Bonchev–Trinajstić information content (AvgIpc) is 2.37. The van der Waals surface area contributed by atoms with Crippen LogP contribution in [0, 0.1) is 0 Å². The Hall–Kier alpha value is -2.05. The zero-order valence-corrected chi connectivity index (χ0v) is 11.4. The molecule has 0 saturated carbocycles. The maximum atomic E-state index is 12.5. The first-order chi connectivity index (χ1) is 9.74. The molecule has 0 aromatic heterocycles. The van der Waals surface area contributed by atoms with E-state index in [1.807, 2.05) is 0 Å². The molecule has 116 valence electrons. The molecule has 21 heavy (non-hydrogen) atoms. The van der Waals surface area contributed by atoms with Crippen LogP contribution in [0.1, 0.15) is 30.9 Å². The van der Waals surface area contributed by atoms with Crippen molar-refractivity contribution in [1.82, 2.24) is 5.32 Å². The molecule has 1 atom stereocenters. The van der Waals surface area contributed by atoms with E-state index in [9.17, 15) is 22.8 Å². The number of halogens is 3. The standard InChI is InChI=1S/C14H16F3NO3/c1-2-4-11(13(20)21)18-12(19)8-9-5-3-6-10(7-9)14(15,16)17/h3,5-7,11H,2,4,8H2,1H3,(H,18,19)(H,20,21)/t11-/m1/s1.